The molecule has 0 unspecified atom stereocenters. The van der Waals surface area contributed by atoms with Crippen LogP contribution < -0.4 is 0 Å². The van der Waals surface area contributed by atoms with Gasteiger partial charge in [0.2, 0.25) is 0 Å². The number of hydrogen-bond donors (Lipinski definition) is 0. The smallest absolute Gasteiger partial charge is 0.312 e. The van der Waals surface area contributed by atoms with E-state index in [0.717, 1.165) is 0 Å². The predicted octanol–water partition coefficient (Wildman–Crippen LogP) is 0.175. The molecule has 0 aromatic carbocycles. The molecule has 5 heavy (non-hydrogen) atoms. The molecule has 0 radical (unpaired) electrons. The van der Waals surface area contributed by atoms with Gasteiger partial charge in [-0.15, -0.1) is 0 Å². The molecule has 1 nitrogen and oxygen atoms in total. The maximum absolute atomic E-state index is 2.00. The van der Waals surface area contributed by atoms with E-state index in [1.807, 2.05) is 26.0 Å². The van der Waals surface area contributed by atoms with Crippen molar-refractivity contribution in [2.75, 3.05) is 21.1 Å². The minimum absolute atomic E-state index is 0. The molecule has 0 aliphatic carbocycles. The van der Waals surface area contributed by atoms with Gasteiger partial charge in [0.05, 0.1) is 0 Å². The fourth-order valence-corrected chi connectivity index (χ4v) is 0. The molecule has 0 saturated carbocycles. The number of nitrogens with zero attached hydrogens (tertiary/aromatic N) is 1. The van der Waals surface area contributed by atoms with Crippen molar-refractivity contribution in [2.45, 2.75) is 0 Å². The van der Waals surface area contributed by atoms with Crippen LogP contribution in [0.15, 0.2) is 0 Å². The summed E-state index contributed by atoms with van der Waals surface area (Å²) in [4.78, 5) is 2.00. The van der Waals surface area contributed by atoms with Crippen LogP contribution in [0.25, 0.3) is 0 Å². The Kier molecular flexibility index (Phi) is 8.37. The van der Waals surface area contributed by atoms with Gasteiger partial charge in [-0.25, -0.2) is 0 Å². The van der Waals surface area contributed by atoms with Crippen LogP contribution in [-0.2, 0) is 19.5 Å². The van der Waals surface area contributed by atoms with Crippen LogP contribution in [0, 0.1) is 0 Å². The normalized spacial score (nSPS) is 7.20. The maximum Gasteiger partial charge on any atom is 2.00 e. The molecule has 0 heterocycles. The Morgan fingerprint density at radius 2 is 1.00 bits per heavy atom. The largest absolute Gasteiger partial charge is 2.00 e. The molecule has 0 spiro atoms. The van der Waals surface area contributed by atoms with Crippen molar-refractivity contribution in [1.29, 1.82) is 0 Å². The Balaban J connectivity index is 0. The molecule has 0 saturated heterocycles. The van der Waals surface area contributed by atoms with E-state index in [1.54, 1.807) is 0 Å². The van der Waals surface area contributed by atoms with Crippen LogP contribution in [0.2, 0.25) is 0 Å². The third-order valence-electron chi connectivity index (χ3n) is 0. The van der Waals surface area contributed by atoms with E-state index >= 15 is 0 Å². The van der Waals surface area contributed by atoms with Crippen LogP contribution in [0.4, 0.5) is 0 Å². The zero-order chi connectivity index (χ0) is 3.58. The van der Waals surface area contributed by atoms with E-state index in [1.165, 1.54) is 0 Å². The average Bonchev–Trinajstić information content (AvgIpc) is 0.811. The average molecular weight is 125 g/mol. The minimum Gasteiger partial charge on any atom is -0.312 e. The summed E-state index contributed by atoms with van der Waals surface area (Å²) >= 11 is 0. The molecule has 26 valence electrons. The van der Waals surface area contributed by atoms with Crippen molar-refractivity contribution >= 4 is 0 Å². The molecule has 0 aromatic heterocycles. The van der Waals surface area contributed by atoms with Gasteiger partial charge in [0.1, 0.15) is 0 Å². The van der Waals surface area contributed by atoms with Gasteiger partial charge in [-0.1, -0.05) is 0 Å². The zero-order valence-corrected chi connectivity index (χ0v) is 7.12. The molecule has 0 amide bonds. The van der Waals surface area contributed by atoms with Crippen molar-refractivity contribution in [3.05, 3.63) is 0 Å². The van der Waals surface area contributed by atoms with Crippen molar-refractivity contribution in [1.82, 2.24) is 4.90 Å². The van der Waals surface area contributed by atoms with Crippen LogP contribution in [0.3, 0.4) is 0 Å². The molecule has 0 bridgehead atoms. The molecular weight excluding hydrogens is 115 g/mol. The van der Waals surface area contributed by atoms with Gasteiger partial charge >= 0.3 is 19.5 Å². The molecule has 0 N–H and O–H groups in total. The standard InChI is InChI=1S/C3H9N.Zn/c1-4(2)3;/h1-3H3;/q;+2. The van der Waals surface area contributed by atoms with Crippen LogP contribution in [0.5, 0.6) is 0 Å². The fraction of sp³-hybridized carbons (Fsp3) is 1.00. The van der Waals surface area contributed by atoms with Crippen LogP contribution in [-0.4, -0.2) is 26.0 Å². The summed E-state index contributed by atoms with van der Waals surface area (Å²) in [5, 5.41) is 0. The first-order valence-corrected chi connectivity index (χ1v) is 1.34. The summed E-state index contributed by atoms with van der Waals surface area (Å²) < 4.78 is 0. The van der Waals surface area contributed by atoms with E-state index in [9.17, 15) is 0 Å². The molecule has 0 atom stereocenters. The first-order chi connectivity index (χ1) is 1.73. The fourth-order valence-electron chi connectivity index (χ4n) is 0. The third-order valence-corrected chi connectivity index (χ3v) is 0. The van der Waals surface area contributed by atoms with Crippen molar-refractivity contribution < 1.29 is 19.5 Å². The predicted molar refractivity (Wildman–Crippen MR) is 19.6 cm³/mol. The van der Waals surface area contributed by atoms with Gasteiger partial charge < -0.3 is 4.90 Å². The second-order valence-corrected chi connectivity index (χ2v) is 1.34. The van der Waals surface area contributed by atoms with Crippen LogP contribution in [0.1, 0.15) is 0 Å². The Labute approximate surface area is 46.1 Å². The molecule has 0 aliphatic rings. The Hall–Kier alpha value is 0.583. The second-order valence-electron chi connectivity index (χ2n) is 1.34. The summed E-state index contributed by atoms with van der Waals surface area (Å²) in [5.74, 6) is 0. The molecule has 0 aliphatic heterocycles. The van der Waals surface area contributed by atoms with Gasteiger partial charge in [0.15, 0.2) is 0 Å². The minimum atomic E-state index is 0. The Morgan fingerprint density at radius 1 is 1.00 bits per heavy atom. The van der Waals surface area contributed by atoms with Crippen molar-refractivity contribution in [3.63, 3.8) is 0 Å². The summed E-state index contributed by atoms with van der Waals surface area (Å²) in [7, 11) is 6.00. The Morgan fingerprint density at radius 3 is 1.00 bits per heavy atom. The van der Waals surface area contributed by atoms with E-state index in [0.29, 0.717) is 0 Å². The zero-order valence-electron chi connectivity index (χ0n) is 4.15. The van der Waals surface area contributed by atoms with E-state index in [2.05, 4.69) is 0 Å². The topological polar surface area (TPSA) is 3.24 Å². The molecule has 0 fully saturated rings. The molecule has 0 rings (SSSR count). The summed E-state index contributed by atoms with van der Waals surface area (Å²) in [5.41, 5.74) is 0. The third kappa shape index (κ3) is 89.9. The van der Waals surface area contributed by atoms with E-state index in [4.69, 9.17) is 0 Å². The Bertz CT molecular complexity index is 11.6. The van der Waals surface area contributed by atoms with Crippen molar-refractivity contribution in [3.8, 4) is 0 Å². The summed E-state index contributed by atoms with van der Waals surface area (Å²) in [6.07, 6.45) is 0. The van der Waals surface area contributed by atoms with Gasteiger partial charge in [-0.2, -0.15) is 0 Å². The van der Waals surface area contributed by atoms with Gasteiger partial charge in [-0.3, -0.25) is 0 Å². The first kappa shape index (κ1) is 9.13. The maximum atomic E-state index is 2.00. The number of rotatable bonds is 0. The van der Waals surface area contributed by atoms with E-state index < -0.39 is 0 Å². The van der Waals surface area contributed by atoms with E-state index in [-0.39, 0.29) is 19.5 Å². The van der Waals surface area contributed by atoms with Gasteiger partial charge in [0, 0.05) is 0 Å². The number of hydrogen-bond acceptors (Lipinski definition) is 1. The van der Waals surface area contributed by atoms with Crippen molar-refractivity contribution in [2.24, 2.45) is 0 Å². The second kappa shape index (κ2) is 4.58. The monoisotopic (exact) mass is 123 g/mol. The summed E-state index contributed by atoms with van der Waals surface area (Å²) in [6, 6.07) is 0. The van der Waals surface area contributed by atoms with Gasteiger partial charge in [-0.05, 0) is 21.1 Å². The first-order valence-electron chi connectivity index (χ1n) is 1.34. The quantitative estimate of drug-likeness (QED) is 0.417. The summed E-state index contributed by atoms with van der Waals surface area (Å²) in [6.45, 7) is 0. The molecular formula is C3H9NZn+2. The van der Waals surface area contributed by atoms with Crippen LogP contribution >= 0.6 is 0 Å². The van der Waals surface area contributed by atoms with Gasteiger partial charge in [0.25, 0.3) is 0 Å². The SMILES string of the molecule is CN(C)C.[Zn+2]. The molecule has 0 aromatic rings. The molecule has 2 heteroatoms.